The molecule has 106 valence electrons. The maximum atomic E-state index is 12.8. The molecule has 0 radical (unpaired) electrons. The predicted molar refractivity (Wildman–Crippen MR) is 76.5 cm³/mol. The lowest BCUT2D eigenvalue weighted by Gasteiger charge is -2.53. The molecule has 1 atom stereocenters. The first-order valence-corrected chi connectivity index (χ1v) is 6.99. The third kappa shape index (κ3) is 3.25. The molecular formula is C15H30N2O. The molecule has 1 aliphatic rings. The van der Waals surface area contributed by atoms with Gasteiger partial charge >= 0.3 is 0 Å². The van der Waals surface area contributed by atoms with E-state index >= 15 is 0 Å². The van der Waals surface area contributed by atoms with Crippen LogP contribution >= 0.6 is 0 Å². The Morgan fingerprint density at radius 2 is 1.78 bits per heavy atom. The van der Waals surface area contributed by atoms with E-state index in [1.165, 1.54) is 0 Å². The Morgan fingerprint density at radius 3 is 2.17 bits per heavy atom. The maximum absolute atomic E-state index is 12.8. The lowest BCUT2D eigenvalue weighted by molar-refractivity contribution is -0.151. The van der Waals surface area contributed by atoms with Crippen LogP contribution in [0.1, 0.15) is 61.8 Å². The zero-order valence-corrected chi connectivity index (χ0v) is 13.3. The summed E-state index contributed by atoms with van der Waals surface area (Å²) in [6.45, 7) is 17.9. The molecule has 0 aromatic heterocycles. The molecule has 1 fully saturated rings. The highest BCUT2D eigenvalue weighted by Crippen LogP contribution is 2.31. The second-order valence-corrected chi connectivity index (χ2v) is 8.00. The number of amides is 1. The molecule has 18 heavy (non-hydrogen) atoms. The van der Waals surface area contributed by atoms with Crippen LogP contribution in [0.15, 0.2) is 0 Å². The summed E-state index contributed by atoms with van der Waals surface area (Å²) in [4.78, 5) is 14.8. The number of nitrogens with zero attached hydrogens (tertiary/aromatic N) is 1. The highest BCUT2D eigenvalue weighted by molar-refractivity contribution is 5.87. The van der Waals surface area contributed by atoms with E-state index in [0.717, 1.165) is 13.0 Å². The quantitative estimate of drug-likeness (QED) is 0.822. The number of nitrogens with one attached hydrogen (secondary N) is 1. The summed E-state index contributed by atoms with van der Waals surface area (Å²) in [5.41, 5.74) is -0.595. The van der Waals surface area contributed by atoms with E-state index in [1.807, 2.05) is 4.90 Å². The smallest absolute Gasteiger partial charge is 0.243 e. The fourth-order valence-electron chi connectivity index (χ4n) is 3.10. The van der Waals surface area contributed by atoms with Gasteiger partial charge in [-0.2, -0.15) is 0 Å². The van der Waals surface area contributed by atoms with Crippen LogP contribution in [0.2, 0.25) is 0 Å². The normalized spacial score (nSPS) is 28.9. The van der Waals surface area contributed by atoms with Gasteiger partial charge in [0, 0.05) is 17.6 Å². The van der Waals surface area contributed by atoms with Crippen molar-refractivity contribution in [2.75, 3.05) is 6.54 Å². The van der Waals surface area contributed by atoms with Crippen LogP contribution in [0.25, 0.3) is 0 Å². The number of carbonyl (C=O) groups excluding carboxylic acids is 1. The number of hydrogen-bond donors (Lipinski definition) is 1. The van der Waals surface area contributed by atoms with E-state index in [1.54, 1.807) is 0 Å². The highest BCUT2D eigenvalue weighted by Gasteiger charge is 2.49. The van der Waals surface area contributed by atoms with Crippen molar-refractivity contribution in [2.24, 2.45) is 5.92 Å². The molecule has 0 bridgehead atoms. The van der Waals surface area contributed by atoms with Gasteiger partial charge < -0.3 is 4.90 Å². The number of hydrogen-bond acceptors (Lipinski definition) is 2. The molecule has 1 heterocycles. The van der Waals surface area contributed by atoms with Crippen molar-refractivity contribution in [3.63, 3.8) is 0 Å². The van der Waals surface area contributed by atoms with Crippen LogP contribution in [0.4, 0.5) is 0 Å². The van der Waals surface area contributed by atoms with Crippen molar-refractivity contribution in [2.45, 2.75) is 78.4 Å². The molecule has 0 aliphatic carbocycles. The minimum Gasteiger partial charge on any atom is -0.334 e. The molecule has 3 heteroatoms. The van der Waals surface area contributed by atoms with Gasteiger partial charge in [0.2, 0.25) is 5.91 Å². The van der Waals surface area contributed by atoms with E-state index in [0.29, 0.717) is 5.92 Å². The number of rotatable bonds is 2. The number of piperazine rings is 1. The summed E-state index contributed by atoms with van der Waals surface area (Å²) in [5.74, 6) is 0.741. The molecule has 1 unspecified atom stereocenters. The van der Waals surface area contributed by atoms with E-state index in [2.05, 4.69) is 60.7 Å². The van der Waals surface area contributed by atoms with Crippen molar-refractivity contribution >= 4 is 5.91 Å². The summed E-state index contributed by atoms with van der Waals surface area (Å²) in [6, 6.07) is 0. The van der Waals surface area contributed by atoms with E-state index in [4.69, 9.17) is 0 Å². The molecule has 1 N–H and O–H groups in total. The van der Waals surface area contributed by atoms with Gasteiger partial charge in [0.25, 0.3) is 0 Å². The maximum Gasteiger partial charge on any atom is 0.243 e. The lowest BCUT2D eigenvalue weighted by atomic mass is 9.81. The van der Waals surface area contributed by atoms with Crippen LogP contribution < -0.4 is 5.32 Å². The highest BCUT2D eigenvalue weighted by atomic mass is 16.2. The van der Waals surface area contributed by atoms with Gasteiger partial charge in [-0.25, -0.2) is 0 Å². The van der Waals surface area contributed by atoms with E-state index in [9.17, 15) is 4.79 Å². The fraction of sp³-hybridized carbons (Fsp3) is 0.933. The Labute approximate surface area is 112 Å². The summed E-state index contributed by atoms with van der Waals surface area (Å²) >= 11 is 0. The topological polar surface area (TPSA) is 32.3 Å². The predicted octanol–water partition coefficient (Wildman–Crippen LogP) is 2.80. The Bertz CT molecular complexity index is 328. The third-order valence-corrected chi connectivity index (χ3v) is 3.51. The number of carbonyl (C=O) groups is 1. The van der Waals surface area contributed by atoms with Gasteiger partial charge in [-0.1, -0.05) is 13.8 Å². The van der Waals surface area contributed by atoms with Crippen molar-refractivity contribution in [1.29, 1.82) is 0 Å². The standard InChI is InChI=1S/C15H30N2O/c1-11(2)9-15(8)12(18)17(13(3,4)5)10-14(6,7)16-15/h11,16H,9-10H2,1-8H3. The van der Waals surface area contributed by atoms with Gasteiger partial charge in [0.15, 0.2) is 0 Å². The molecule has 0 aromatic rings. The van der Waals surface area contributed by atoms with Crippen LogP contribution in [0, 0.1) is 5.92 Å². The first-order chi connectivity index (χ1) is 7.87. The second-order valence-electron chi connectivity index (χ2n) is 8.00. The zero-order valence-electron chi connectivity index (χ0n) is 13.3. The molecule has 1 amide bonds. The van der Waals surface area contributed by atoms with Gasteiger partial charge in [0.1, 0.15) is 0 Å². The lowest BCUT2D eigenvalue weighted by Crippen LogP contribution is -2.73. The Balaban J connectivity index is 3.09. The van der Waals surface area contributed by atoms with Gasteiger partial charge in [-0.3, -0.25) is 10.1 Å². The molecule has 1 rings (SSSR count). The summed E-state index contributed by atoms with van der Waals surface area (Å²) in [5, 5.41) is 3.56. The van der Waals surface area contributed by atoms with E-state index in [-0.39, 0.29) is 17.0 Å². The SMILES string of the molecule is CC(C)CC1(C)NC(C)(C)CN(C(C)(C)C)C1=O. The van der Waals surface area contributed by atoms with Gasteiger partial charge in [-0.15, -0.1) is 0 Å². The Kier molecular flexibility index (Phi) is 3.89. The Hall–Kier alpha value is -0.570. The van der Waals surface area contributed by atoms with Crippen LogP contribution in [0.3, 0.4) is 0 Å². The minimum absolute atomic E-state index is 0.0369. The molecule has 1 aliphatic heterocycles. The monoisotopic (exact) mass is 254 g/mol. The minimum atomic E-state index is -0.441. The van der Waals surface area contributed by atoms with Gasteiger partial charge in [0.05, 0.1) is 5.54 Å². The molecule has 1 saturated heterocycles. The fourth-order valence-corrected chi connectivity index (χ4v) is 3.10. The van der Waals surface area contributed by atoms with Crippen molar-refractivity contribution < 1.29 is 4.79 Å². The first-order valence-electron chi connectivity index (χ1n) is 6.99. The van der Waals surface area contributed by atoms with Crippen molar-refractivity contribution in [3.8, 4) is 0 Å². The largest absolute Gasteiger partial charge is 0.334 e. The van der Waals surface area contributed by atoms with Crippen LogP contribution in [-0.4, -0.2) is 34.0 Å². The van der Waals surface area contributed by atoms with Crippen molar-refractivity contribution in [1.82, 2.24) is 10.2 Å². The molecule has 3 nitrogen and oxygen atoms in total. The zero-order chi connectivity index (χ0) is 14.4. The van der Waals surface area contributed by atoms with Crippen molar-refractivity contribution in [3.05, 3.63) is 0 Å². The second kappa shape index (κ2) is 4.52. The third-order valence-electron chi connectivity index (χ3n) is 3.51. The molecule has 0 saturated carbocycles. The summed E-state index contributed by atoms with van der Waals surface area (Å²) in [7, 11) is 0. The molecular weight excluding hydrogens is 224 g/mol. The average Bonchev–Trinajstić information content (AvgIpc) is 2.07. The van der Waals surface area contributed by atoms with E-state index < -0.39 is 5.54 Å². The average molecular weight is 254 g/mol. The summed E-state index contributed by atoms with van der Waals surface area (Å²) < 4.78 is 0. The summed E-state index contributed by atoms with van der Waals surface area (Å²) in [6.07, 6.45) is 0.877. The van der Waals surface area contributed by atoms with Crippen LogP contribution in [0.5, 0.6) is 0 Å². The Morgan fingerprint density at radius 1 is 1.28 bits per heavy atom. The van der Waals surface area contributed by atoms with Crippen LogP contribution in [-0.2, 0) is 4.79 Å². The van der Waals surface area contributed by atoms with Gasteiger partial charge in [-0.05, 0) is 53.9 Å². The molecule has 0 aromatic carbocycles. The molecule has 0 spiro atoms. The first kappa shape index (κ1) is 15.5.